The zero-order chi connectivity index (χ0) is 88.3. The van der Waals surface area contributed by atoms with Gasteiger partial charge >= 0.3 is 0 Å². The standard InChI is InChI=1S/S124/c1-3-5-7-9-11-13-15-17-19-21-23-25-27-29-31-33-35-37-39-41-43-45-47-49-51-53-55-57-59-61-63-65-67-69-71-73-75-77-79-81-83-85-87-89-91-93-95-97-99-101-103-105-107-109-111-113-115-117-119-121-123-124-122-120-118-116-114-112-110-108-106-104-102-100-98-96-94-92-90-88-86-84-82-80-78-76-74-72-70-68-66-64-62-60-58-56-54-52-50-48-46-44-42-40-38-36-34-32-30-28-26-24-22-20-18-16-14-12-10-8-6-4-2. The predicted octanol–water partition coefficient (Wildman–Crippen LogP) is -0.298. The first-order valence-electron chi connectivity index (χ1n) is 20.5. The minimum Gasteiger partial charge on any atom is 0 e. The summed E-state index contributed by atoms with van der Waals surface area (Å²) in [5, 5.41) is 0. The zero-order valence-electron chi connectivity index (χ0n) is 50.6. The molecule has 0 amide bonds. The van der Waals surface area contributed by atoms with E-state index in [4.69, 9.17) is 22.4 Å². The summed E-state index contributed by atoms with van der Waals surface area (Å²) in [5.74, 6) is 0. The largest absolute Gasteiger partial charge is 0 e. The minimum atomic E-state index is 1.37. The van der Waals surface area contributed by atoms with E-state index in [0.29, 0.717) is 0 Å². The zero-order valence-corrected chi connectivity index (χ0v) is 152. The van der Waals surface area contributed by atoms with Crippen molar-refractivity contribution in [2.24, 2.45) is 0 Å². The van der Waals surface area contributed by atoms with E-state index in [1.807, 2.05) is 959 Å². The van der Waals surface area contributed by atoms with Gasteiger partial charge in [0.25, 0.3) is 0 Å². The first-order valence-corrected chi connectivity index (χ1v) is 184. The molecule has 0 saturated heterocycles. The number of hydrogen-bond donors (Lipinski definition) is 0. The molecule has 0 rings (SSSR count). The molecule has 0 N–H and O–H groups in total. The normalized spacial score (nSPS) is 7.90. The third kappa shape index (κ3) is 149. The van der Waals surface area contributed by atoms with Crippen molar-refractivity contribution in [3.63, 3.8) is 0 Å². The van der Waals surface area contributed by atoms with Gasteiger partial charge in [-0.05, 0) is 0 Å². The summed E-state index contributed by atoms with van der Waals surface area (Å²) in [5.41, 5.74) is 0. The van der Waals surface area contributed by atoms with Crippen LogP contribution in [0, 0.1) is 0 Å². The lowest BCUT2D eigenvalue weighted by Crippen LogP contribution is -1.42. The summed E-state index contributed by atoms with van der Waals surface area (Å²) in [6, 6.07) is 0. The van der Waals surface area contributed by atoms with E-state index in [0.717, 1.165) is 0 Å². The molecule has 0 aliphatic heterocycles. The molecule has 0 spiro atoms. The second-order valence-corrected chi connectivity index (χ2v) is 224. The van der Waals surface area contributed by atoms with Crippen LogP contribution in [0.3, 0.4) is 0 Å². The van der Waals surface area contributed by atoms with Crippen LogP contribution >= 0.6 is 0 Å². The van der Waals surface area contributed by atoms with Crippen LogP contribution in [0.5, 0.6) is 0 Å². The van der Waals surface area contributed by atoms with Crippen molar-refractivity contribution in [2.75, 3.05) is 0 Å². The van der Waals surface area contributed by atoms with Crippen molar-refractivity contribution in [1.29, 1.82) is 0 Å². The van der Waals surface area contributed by atoms with Gasteiger partial charge in [0.15, 0.2) is 0 Å². The molecule has 0 nitrogen and oxygen atoms in total. The van der Waals surface area contributed by atoms with Crippen LogP contribution in [0.15, 0.2) is 0 Å². The van der Waals surface area contributed by atoms with Gasteiger partial charge < -0.3 is 0 Å². The first kappa shape index (κ1) is 151. The fourth-order valence-electron chi connectivity index (χ4n) is 1.36. The van der Waals surface area contributed by atoms with Crippen LogP contribution in [0.2, 0.25) is 0 Å². The lowest BCUT2D eigenvalue weighted by atomic mass is 30.7. The second-order valence-electron chi connectivity index (χ2n) is 8.30. The van der Waals surface area contributed by atoms with Crippen LogP contribution < -0.4 is 0 Å². The van der Waals surface area contributed by atoms with Crippen molar-refractivity contribution in [3.05, 3.63) is 0 Å². The van der Waals surface area contributed by atoms with Crippen LogP contribution in [0.1, 0.15) is 0 Å². The summed E-state index contributed by atoms with van der Waals surface area (Å²) < 4.78 is 0. The molecular weight excluding hydrogens is 3980 g/mol. The topological polar surface area (TPSA) is 0 Å². The average Bonchev–Trinajstić information content (AvgIpc) is 1.21. The fourth-order valence-corrected chi connectivity index (χ4v) is 331. The van der Waals surface area contributed by atoms with E-state index in [2.05, 4.69) is 0 Å². The maximum Gasteiger partial charge on any atom is 0 e. The number of hydrogen-bond acceptors (Lipinski definition) is 2. The second kappa shape index (κ2) is 150. The molecule has 0 aromatic carbocycles. The Labute approximate surface area is 1070 Å². The lowest BCUT2D eigenvalue weighted by molar-refractivity contribution is 5.95. The van der Waals surface area contributed by atoms with Crippen molar-refractivity contribution >= 4 is 1110 Å². The van der Waals surface area contributed by atoms with E-state index < -0.39 is 0 Å². The van der Waals surface area contributed by atoms with Crippen LogP contribution in [-0.2, 0) is 1110 Å². The molecule has 0 bridgehead atoms. The van der Waals surface area contributed by atoms with Crippen LogP contribution in [-0.4, -0.2) is 0 Å². The first-order chi connectivity index (χ1) is 61.9. The lowest BCUT2D eigenvalue weighted by Gasteiger charge is -1.41. The highest BCUT2D eigenvalue weighted by molar-refractivity contribution is 8.90. The van der Waals surface area contributed by atoms with E-state index in [1.165, 1.54) is 17.8 Å². The van der Waals surface area contributed by atoms with Gasteiger partial charge in [-0.15, -0.1) is 0 Å². The molecule has 0 radical (unpaired) electrons. The molecular formula is S124. The van der Waals surface area contributed by atoms with Crippen LogP contribution in [0.4, 0.5) is 0 Å². The fraction of sp³-hybridized carbons (Fsp3) is 0. The molecule has 0 fully saturated rings. The third-order valence-corrected chi connectivity index (χ3v) is 272. The Bertz CT molecular complexity index is 9290. The average molecular weight is 3980 g/mol. The minimum absolute atomic E-state index is 1.37. The SMILES string of the molecule is S=S=S=S=S=S=S=S=S=S=S=S=S=S=S=S=S=S=S=S=S=S=S=S=S=S=S=S=S=S=S=S=S=S=S=S=S=S=S=S=S=S=S=S=S=S=S=S=S=S=S=S=S=S=S=S=S=S=S=S=S=S=S=S=S=S=S=S=S=S=S=S=S=S=S=S=S=S=S=S=S=S=S=S=S=S=S=S=S=S=S=S=S=S=S=S=S=S=S=S=S=S=S=S=S=S=S=S=S=S=S=S=S=S=S=S=S=S=S=S=S=S=S=S. The third-order valence-electron chi connectivity index (χ3n) is 3.36. The molecule has 124 heavy (non-hydrogen) atoms. The van der Waals surface area contributed by atoms with Gasteiger partial charge in [0.2, 0.25) is 0 Å². The molecule has 0 aromatic rings. The molecule has 744 valence electrons. The maximum atomic E-state index is 4.83. The van der Waals surface area contributed by atoms with Gasteiger partial charge in [-0.1, -0.05) is 0 Å². The van der Waals surface area contributed by atoms with E-state index >= 15 is 0 Å². The summed E-state index contributed by atoms with van der Waals surface area (Å²) in [7, 11) is 221. The molecule has 0 saturated carbocycles. The van der Waals surface area contributed by atoms with Gasteiger partial charge in [0.05, 0.1) is 0 Å². The van der Waals surface area contributed by atoms with Gasteiger partial charge in [-0.2, -0.15) is 0 Å². The molecule has 0 atom stereocenters. The highest BCUT2D eigenvalue weighted by Crippen LogP contribution is 1.53. The quantitative estimate of drug-likeness (QED) is 0.328. The van der Waals surface area contributed by atoms with E-state index in [1.54, 1.807) is 107 Å². The van der Waals surface area contributed by atoms with Crippen molar-refractivity contribution in [3.8, 4) is 0 Å². The van der Waals surface area contributed by atoms with Crippen molar-refractivity contribution in [2.45, 2.75) is 0 Å². The molecule has 0 aromatic heterocycles. The van der Waals surface area contributed by atoms with Crippen molar-refractivity contribution in [1.82, 2.24) is 0 Å². The van der Waals surface area contributed by atoms with E-state index in [-0.39, 0.29) is 0 Å². The summed E-state index contributed by atoms with van der Waals surface area (Å²) in [4.78, 5) is 0. The smallest absolute Gasteiger partial charge is 0 e. The predicted molar refractivity (Wildman–Crippen MR) is 913 cm³/mol. The number of rotatable bonds is 0. The Morgan fingerprint density at radius 3 is 0.0887 bits per heavy atom. The molecule has 0 aliphatic rings. The highest BCUT2D eigenvalue weighted by Gasteiger charge is 1.53. The van der Waals surface area contributed by atoms with Gasteiger partial charge in [0.1, 0.15) is 0 Å². The monoisotopic (exact) mass is 3960 g/mol. The summed E-state index contributed by atoms with van der Waals surface area (Å²) >= 11 is 9.67. The summed E-state index contributed by atoms with van der Waals surface area (Å²) in [6.45, 7) is 0. The Morgan fingerprint density at radius 2 is 0.0645 bits per heavy atom. The Hall–Kier alpha value is 27.3. The molecule has 124 heteroatoms. The van der Waals surface area contributed by atoms with E-state index in [9.17, 15) is 0 Å². The van der Waals surface area contributed by atoms with Crippen LogP contribution in [0.25, 0.3) is 0 Å². The highest BCUT2D eigenvalue weighted by atomic mass is 33.6. The Morgan fingerprint density at radius 1 is 0.0403 bits per heavy atom. The molecule has 0 heterocycles. The van der Waals surface area contributed by atoms with Crippen molar-refractivity contribution < 1.29 is 0 Å². The van der Waals surface area contributed by atoms with Gasteiger partial charge in [-0.25, -0.2) is 0 Å². The molecule has 0 aliphatic carbocycles. The van der Waals surface area contributed by atoms with Gasteiger partial charge in [-0.3, -0.25) is 0 Å². The van der Waals surface area contributed by atoms with Gasteiger partial charge in [0, 0.05) is 1110 Å². The Kier molecular flexibility index (Phi) is 183. The Balaban J connectivity index is 6.20. The summed E-state index contributed by atoms with van der Waals surface area (Å²) in [6.07, 6.45) is 0. The maximum absolute atomic E-state index is 4.83. The molecule has 0 unspecified atom stereocenters.